The third kappa shape index (κ3) is 2.12. The molecule has 1 N–H and O–H groups in total. The molecule has 70 valence electrons. The van der Waals surface area contributed by atoms with E-state index in [1.54, 1.807) is 0 Å². The monoisotopic (exact) mass is 200 g/mol. The van der Waals surface area contributed by atoms with E-state index in [0.29, 0.717) is 22.6 Å². The highest BCUT2D eigenvalue weighted by Gasteiger charge is 2.07. The zero-order valence-electron chi connectivity index (χ0n) is 7.08. The van der Waals surface area contributed by atoms with Crippen LogP contribution in [0.5, 0.6) is 11.5 Å². The Morgan fingerprint density at radius 1 is 1.62 bits per heavy atom. The second-order valence-electron chi connectivity index (χ2n) is 2.49. The van der Waals surface area contributed by atoms with Gasteiger partial charge in [0.25, 0.3) is 0 Å². The van der Waals surface area contributed by atoms with Crippen molar-refractivity contribution in [2.24, 2.45) is 0 Å². The first-order valence-electron chi connectivity index (χ1n) is 3.68. The molecule has 0 aliphatic carbocycles. The van der Waals surface area contributed by atoms with Crippen LogP contribution in [0.1, 0.15) is 5.56 Å². The van der Waals surface area contributed by atoms with Gasteiger partial charge < -0.3 is 14.6 Å². The molecule has 0 saturated carbocycles. The summed E-state index contributed by atoms with van der Waals surface area (Å²) in [5.41, 5.74) is 0.501. The molecule has 0 radical (unpaired) electrons. The maximum Gasteiger partial charge on any atom is 0.141 e. The van der Waals surface area contributed by atoms with Crippen molar-refractivity contribution in [2.75, 3.05) is 7.11 Å². The topological polar surface area (TPSA) is 46.5 Å². The highest BCUT2D eigenvalue weighted by Crippen LogP contribution is 2.31. The van der Waals surface area contributed by atoms with E-state index >= 15 is 0 Å². The van der Waals surface area contributed by atoms with Gasteiger partial charge in [-0.25, -0.2) is 0 Å². The molecule has 13 heavy (non-hydrogen) atoms. The molecule has 1 aromatic rings. The van der Waals surface area contributed by atoms with Crippen LogP contribution in [0.2, 0.25) is 5.02 Å². The van der Waals surface area contributed by atoms with Crippen LogP contribution in [0.25, 0.3) is 0 Å². The Morgan fingerprint density at radius 3 is 2.85 bits per heavy atom. The van der Waals surface area contributed by atoms with Gasteiger partial charge in [0.1, 0.15) is 17.8 Å². The number of methoxy groups -OCH3 is 1. The number of aromatic hydroxyl groups is 1. The lowest BCUT2D eigenvalue weighted by Crippen LogP contribution is -1.90. The molecule has 4 heteroatoms. The molecular weight excluding hydrogens is 192 g/mol. The van der Waals surface area contributed by atoms with E-state index in [1.807, 2.05) is 0 Å². The Kier molecular flexibility index (Phi) is 3.14. The molecule has 0 aliphatic heterocycles. The number of carbonyl (C=O) groups excluding carboxylic acids is 1. The molecule has 0 spiro atoms. The summed E-state index contributed by atoms with van der Waals surface area (Å²) in [7, 11) is 1.46. The van der Waals surface area contributed by atoms with Gasteiger partial charge in [-0.1, -0.05) is 11.6 Å². The maximum absolute atomic E-state index is 10.2. The summed E-state index contributed by atoms with van der Waals surface area (Å²) in [6.45, 7) is 0. The molecule has 3 nitrogen and oxygen atoms in total. The number of hydrogen-bond acceptors (Lipinski definition) is 3. The van der Waals surface area contributed by atoms with Crippen LogP contribution in [0.4, 0.5) is 0 Å². The Morgan fingerprint density at radius 2 is 2.31 bits per heavy atom. The Labute approximate surface area is 80.9 Å². The minimum Gasteiger partial charge on any atom is -0.508 e. The molecule has 1 aromatic carbocycles. The number of rotatable bonds is 3. The van der Waals surface area contributed by atoms with Crippen LogP contribution in [-0.2, 0) is 11.2 Å². The number of carbonyl (C=O) groups is 1. The van der Waals surface area contributed by atoms with E-state index in [-0.39, 0.29) is 12.2 Å². The van der Waals surface area contributed by atoms with Crippen LogP contribution in [0, 0.1) is 0 Å². The summed E-state index contributed by atoms with van der Waals surface area (Å²) in [5, 5.41) is 9.77. The van der Waals surface area contributed by atoms with Gasteiger partial charge in [0.05, 0.1) is 12.1 Å². The maximum atomic E-state index is 10.2. The summed E-state index contributed by atoms with van der Waals surface area (Å²) >= 11 is 5.79. The van der Waals surface area contributed by atoms with Crippen molar-refractivity contribution < 1.29 is 14.6 Å². The lowest BCUT2D eigenvalue weighted by atomic mass is 10.1. The van der Waals surface area contributed by atoms with Gasteiger partial charge in [0.15, 0.2) is 0 Å². The Balaban J connectivity index is 3.12. The molecule has 0 atom stereocenters. The second kappa shape index (κ2) is 4.14. The molecule has 0 aliphatic rings. The molecule has 0 fully saturated rings. The third-order valence-electron chi connectivity index (χ3n) is 1.66. The van der Waals surface area contributed by atoms with Crippen molar-refractivity contribution in [2.45, 2.75) is 6.42 Å². The Hall–Kier alpha value is -1.22. The first kappa shape index (κ1) is 9.86. The normalized spacial score (nSPS) is 9.69. The number of aldehydes is 1. The zero-order valence-corrected chi connectivity index (χ0v) is 7.84. The lowest BCUT2D eigenvalue weighted by molar-refractivity contribution is -0.107. The fourth-order valence-electron chi connectivity index (χ4n) is 0.994. The van der Waals surface area contributed by atoms with Gasteiger partial charge in [-0.05, 0) is 6.07 Å². The fraction of sp³-hybridized carbons (Fsp3) is 0.222. The standard InChI is InChI=1S/C9H9ClO3/c1-13-9-5-8(12)6(2-3-11)4-7(9)10/h3-5,12H,2H2,1H3. The molecule has 0 heterocycles. The van der Waals surface area contributed by atoms with Gasteiger partial charge in [-0.2, -0.15) is 0 Å². The van der Waals surface area contributed by atoms with E-state index in [0.717, 1.165) is 0 Å². The van der Waals surface area contributed by atoms with Crippen LogP contribution < -0.4 is 4.74 Å². The van der Waals surface area contributed by atoms with Crippen molar-refractivity contribution in [1.29, 1.82) is 0 Å². The largest absolute Gasteiger partial charge is 0.508 e. The molecule has 0 bridgehead atoms. The number of phenolic OH excluding ortho intramolecular Hbond substituents is 1. The van der Waals surface area contributed by atoms with E-state index < -0.39 is 0 Å². The third-order valence-corrected chi connectivity index (χ3v) is 1.95. The summed E-state index contributed by atoms with van der Waals surface area (Å²) in [4.78, 5) is 10.2. The van der Waals surface area contributed by atoms with Gasteiger partial charge in [-0.15, -0.1) is 0 Å². The van der Waals surface area contributed by atoms with Gasteiger partial charge in [-0.3, -0.25) is 0 Å². The number of halogens is 1. The second-order valence-corrected chi connectivity index (χ2v) is 2.89. The average molecular weight is 201 g/mol. The number of ether oxygens (including phenoxy) is 1. The van der Waals surface area contributed by atoms with Crippen molar-refractivity contribution in [1.82, 2.24) is 0 Å². The van der Waals surface area contributed by atoms with Crippen LogP contribution in [0.3, 0.4) is 0 Å². The number of hydrogen-bond donors (Lipinski definition) is 1. The molecular formula is C9H9ClO3. The summed E-state index contributed by atoms with van der Waals surface area (Å²) < 4.78 is 4.88. The molecule has 0 aromatic heterocycles. The van der Waals surface area contributed by atoms with E-state index in [2.05, 4.69) is 0 Å². The van der Waals surface area contributed by atoms with E-state index in [4.69, 9.17) is 16.3 Å². The quantitative estimate of drug-likeness (QED) is 0.757. The summed E-state index contributed by atoms with van der Waals surface area (Å²) in [5.74, 6) is 0.419. The minimum atomic E-state index is 0.0216. The lowest BCUT2D eigenvalue weighted by Gasteiger charge is -2.06. The van der Waals surface area contributed by atoms with Crippen molar-refractivity contribution in [3.05, 3.63) is 22.7 Å². The molecule has 1 rings (SSSR count). The van der Waals surface area contributed by atoms with Crippen molar-refractivity contribution in [3.8, 4) is 11.5 Å². The summed E-state index contributed by atoms with van der Waals surface area (Å²) in [6.07, 6.45) is 0.855. The van der Waals surface area contributed by atoms with Crippen LogP contribution >= 0.6 is 11.6 Å². The van der Waals surface area contributed by atoms with Crippen LogP contribution in [0.15, 0.2) is 12.1 Å². The zero-order chi connectivity index (χ0) is 9.84. The van der Waals surface area contributed by atoms with E-state index in [1.165, 1.54) is 19.2 Å². The average Bonchev–Trinajstić information content (AvgIpc) is 2.11. The van der Waals surface area contributed by atoms with E-state index in [9.17, 15) is 9.90 Å². The minimum absolute atomic E-state index is 0.0216. The number of benzene rings is 1. The predicted molar refractivity (Wildman–Crippen MR) is 49.4 cm³/mol. The Bertz CT molecular complexity index is 323. The first-order chi connectivity index (χ1) is 6.19. The predicted octanol–water partition coefficient (Wildman–Crippen LogP) is 1.80. The van der Waals surface area contributed by atoms with Gasteiger partial charge >= 0.3 is 0 Å². The SMILES string of the molecule is COc1cc(O)c(CC=O)cc1Cl. The smallest absolute Gasteiger partial charge is 0.141 e. The molecule has 0 saturated heterocycles. The fourth-order valence-corrected chi connectivity index (χ4v) is 1.26. The highest BCUT2D eigenvalue weighted by molar-refractivity contribution is 6.32. The van der Waals surface area contributed by atoms with Crippen LogP contribution in [-0.4, -0.2) is 18.5 Å². The molecule has 0 unspecified atom stereocenters. The number of phenols is 1. The van der Waals surface area contributed by atoms with Crippen molar-refractivity contribution in [3.63, 3.8) is 0 Å². The van der Waals surface area contributed by atoms with Gasteiger partial charge in [0.2, 0.25) is 0 Å². The molecule has 0 amide bonds. The highest BCUT2D eigenvalue weighted by atomic mass is 35.5. The summed E-state index contributed by atoms with van der Waals surface area (Å²) in [6, 6.07) is 2.91. The first-order valence-corrected chi connectivity index (χ1v) is 4.06. The van der Waals surface area contributed by atoms with Crippen molar-refractivity contribution >= 4 is 17.9 Å². The van der Waals surface area contributed by atoms with Gasteiger partial charge in [0, 0.05) is 18.1 Å².